The molecule has 2 aromatic carbocycles. The van der Waals surface area contributed by atoms with E-state index in [-0.39, 0.29) is 37.5 Å². The third kappa shape index (κ3) is 6.54. The molecule has 7 nitrogen and oxygen atoms in total. The fourth-order valence-electron chi connectivity index (χ4n) is 3.77. The van der Waals surface area contributed by atoms with Crippen molar-refractivity contribution < 1.29 is 33.3 Å². The van der Waals surface area contributed by atoms with Gasteiger partial charge in [0.1, 0.15) is 17.7 Å². The second kappa shape index (κ2) is 11.4. The number of aliphatic hydroxyl groups is 3. The Morgan fingerprint density at radius 3 is 2.31 bits per heavy atom. The predicted octanol–water partition coefficient (Wildman–Crippen LogP) is 2.75. The van der Waals surface area contributed by atoms with Crippen LogP contribution in [0.25, 0.3) is 16.3 Å². The Kier molecular flexibility index (Phi) is 8.79. The number of alkyl halides is 3. The molecule has 35 heavy (non-hydrogen) atoms. The molecular formula is C24H26F3N3O4S. The lowest BCUT2D eigenvalue weighted by molar-refractivity contribution is -0.246. The lowest BCUT2D eigenvalue weighted by atomic mass is 9.98. The number of thioether (sulfide) groups is 1. The molecule has 1 saturated heterocycles. The van der Waals surface area contributed by atoms with Gasteiger partial charge in [0.25, 0.3) is 0 Å². The smallest absolute Gasteiger partial charge is 0.394 e. The maximum absolute atomic E-state index is 12.9. The first-order valence-electron chi connectivity index (χ1n) is 10.9. The minimum absolute atomic E-state index is 0.0841. The molecule has 0 aromatic heterocycles. The standard InChI is InChI=1S/C24H26F3N3O4S/c1-15(20(12-28)23(34)35-14-22(33)21(32)13-31)16-2-3-18-11-19(5-4-17(18)10-16)29-6-8-30(9-7-29)24(25,26)27/h2-5,10-11,21-22,31-33H,6-9,13-14H2,1H3/b20-15+. The van der Waals surface area contributed by atoms with Crippen LogP contribution in [0.3, 0.4) is 0 Å². The number of halogens is 3. The number of hydrogen-bond donors (Lipinski definition) is 3. The van der Waals surface area contributed by atoms with Crippen LogP contribution in [0.1, 0.15) is 12.5 Å². The summed E-state index contributed by atoms with van der Waals surface area (Å²) in [6.07, 6.45) is -7.00. The van der Waals surface area contributed by atoms with Gasteiger partial charge in [0.05, 0.1) is 12.7 Å². The number of allylic oxidation sites excluding steroid dienone is 1. The van der Waals surface area contributed by atoms with E-state index in [1.165, 1.54) is 0 Å². The zero-order chi connectivity index (χ0) is 25.8. The molecule has 0 radical (unpaired) electrons. The number of nitriles is 1. The summed E-state index contributed by atoms with van der Waals surface area (Å²) in [7, 11) is 0. The third-order valence-corrected chi connectivity index (χ3v) is 6.94. The van der Waals surface area contributed by atoms with E-state index in [4.69, 9.17) is 5.11 Å². The quantitative estimate of drug-likeness (QED) is 0.297. The highest BCUT2D eigenvalue weighted by atomic mass is 32.2. The molecule has 3 rings (SSSR count). The molecule has 2 unspecified atom stereocenters. The molecule has 1 aliphatic rings. The predicted molar refractivity (Wildman–Crippen MR) is 129 cm³/mol. The summed E-state index contributed by atoms with van der Waals surface area (Å²) in [5.41, 5.74) is 1.85. The van der Waals surface area contributed by atoms with E-state index in [0.717, 1.165) is 16.5 Å². The molecule has 2 aromatic rings. The molecule has 1 aliphatic heterocycles. The van der Waals surface area contributed by atoms with Gasteiger partial charge < -0.3 is 20.2 Å². The number of carbonyl (C=O) groups is 1. The zero-order valence-corrected chi connectivity index (χ0v) is 19.8. The second-order valence-corrected chi connectivity index (χ2v) is 9.21. The maximum Gasteiger partial charge on any atom is 0.460 e. The van der Waals surface area contributed by atoms with Crippen molar-refractivity contribution in [2.75, 3.05) is 43.4 Å². The zero-order valence-electron chi connectivity index (χ0n) is 19.0. The van der Waals surface area contributed by atoms with Crippen molar-refractivity contribution in [3.05, 3.63) is 47.5 Å². The summed E-state index contributed by atoms with van der Waals surface area (Å²) >= 11 is 0.687. The van der Waals surface area contributed by atoms with Crippen LogP contribution in [-0.2, 0) is 4.79 Å². The lowest BCUT2D eigenvalue weighted by Gasteiger charge is -2.36. The van der Waals surface area contributed by atoms with Gasteiger partial charge in [0.15, 0.2) is 0 Å². The molecule has 3 N–H and O–H groups in total. The van der Waals surface area contributed by atoms with Crippen molar-refractivity contribution in [3.63, 3.8) is 0 Å². The van der Waals surface area contributed by atoms with Crippen LogP contribution in [0, 0.1) is 11.3 Å². The fourth-order valence-corrected chi connectivity index (χ4v) is 4.66. The van der Waals surface area contributed by atoms with E-state index in [9.17, 15) is 33.4 Å². The third-order valence-electron chi connectivity index (χ3n) is 5.97. The van der Waals surface area contributed by atoms with Crippen molar-refractivity contribution >= 4 is 38.9 Å². The maximum atomic E-state index is 12.9. The van der Waals surface area contributed by atoms with Gasteiger partial charge >= 0.3 is 6.30 Å². The molecule has 1 heterocycles. The Morgan fingerprint density at radius 2 is 1.71 bits per heavy atom. The van der Waals surface area contributed by atoms with Gasteiger partial charge in [-0.15, -0.1) is 0 Å². The van der Waals surface area contributed by atoms with Crippen LogP contribution in [0.15, 0.2) is 42.0 Å². The first-order valence-corrected chi connectivity index (χ1v) is 11.9. The van der Waals surface area contributed by atoms with Crippen molar-refractivity contribution in [3.8, 4) is 6.07 Å². The Bertz CT molecular complexity index is 1140. The number of aliphatic hydroxyl groups excluding tert-OH is 3. The van der Waals surface area contributed by atoms with Crippen LogP contribution >= 0.6 is 11.8 Å². The van der Waals surface area contributed by atoms with Gasteiger partial charge in [-0.3, -0.25) is 4.79 Å². The van der Waals surface area contributed by atoms with E-state index in [0.29, 0.717) is 27.8 Å². The number of nitrogens with zero attached hydrogens (tertiary/aromatic N) is 3. The molecule has 0 aliphatic carbocycles. The molecule has 0 spiro atoms. The van der Waals surface area contributed by atoms with Crippen molar-refractivity contribution in [1.29, 1.82) is 5.26 Å². The average Bonchev–Trinajstić information content (AvgIpc) is 2.85. The molecule has 11 heteroatoms. The highest BCUT2D eigenvalue weighted by molar-refractivity contribution is 8.14. The molecule has 0 amide bonds. The van der Waals surface area contributed by atoms with Crippen LogP contribution < -0.4 is 4.90 Å². The average molecular weight is 510 g/mol. The summed E-state index contributed by atoms with van der Waals surface area (Å²) in [6, 6.07) is 12.9. The minimum atomic E-state index is -4.32. The highest BCUT2D eigenvalue weighted by Gasteiger charge is 2.38. The van der Waals surface area contributed by atoms with Crippen LogP contribution in [0.2, 0.25) is 0 Å². The van der Waals surface area contributed by atoms with Gasteiger partial charge in [0, 0.05) is 37.6 Å². The SMILES string of the molecule is C/C(=C(/C#N)C(=O)SCC(O)C(O)CO)c1ccc2cc(N3CCN(C(F)(F)F)CC3)ccc2c1. The van der Waals surface area contributed by atoms with Gasteiger partial charge in [-0.1, -0.05) is 30.0 Å². The van der Waals surface area contributed by atoms with Gasteiger partial charge in [-0.05, 0) is 47.0 Å². The molecular weight excluding hydrogens is 483 g/mol. The molecule has 1 fully saturated rings. The summed E-state index contributed by atoms with van der Waals surface area (Å²) in [5, 5.41) is 38.7. The normalized spacial score (nSPS) is 17.6. The monoisotopic (exact) mass is 509 g/mol. The molecule has 2 atom stereocenters. The highest BCUT2D eigenvalue weighted by Crippen LogP contribution is 2.30. The fraction of sp³-hybridized carbons (Fsp3) is 0.417. The summed E-state index contributed by atoms with van der Waals surface area (Å²) < 4.78 is 38.6. The van der Waals surface area contributed by atoms with E-state index in [1.54, 1.807) is 13.0 Å². The number of fused-ring (bicyclic) bond motifs is 1. The Hall–Kier alpha value is -2.62. The number of carbonyl (C=O) groups excluding carboxylic acids is 1. The Balaban J connectivity index is 1.76. The molecule has 0 saturated carbocycles. The number of hydrogen-bond acceptors (Lipinski definition) is 8. The van der Waals surface area contributed by atoms with E-state index < -0.39 is 30.2 Å². The first kappa shape index (κ1) is 27.0. The van der Waals surface area contributed by atoms with E-state index >= 15 is 0 Å². The van der Waals surface area contributed by atoms with Crippen LogP contribution in [0.4, 0.5) is 18.9 Å². The number of benzene rings is 2. The Labute approximate surface area is 205 Å². The lowest BCUT2D eigenvalue weighted by Crippen LogP contribution is -2.51. The summed E-state index contributed by atoms with van der Waals surface area (Å²) in [6.45, 7) is 1.34. The van der Waals surface area contributed by atoms with Crippen molar-refractivity contribution in [2.24, 2.45) is 0 Å². The van der Waals surface area contributed by atoms with Crippen LogP contribution in [0.5, 0.6) is 0 Å². The summed E-state index contributed by atoms with van der Waals surface area (Å²) in [5.74, 6) is -0.170. The molecule has 0 bridgehead atoms. The second-order valence-electron chi connectivity index (χ2n) is 8.22. The first-order chi connectivity index (χ1) is 16.5. The largest absolute Gasteiger partial charge is 0.460 e. The van der Waals surface area contributed by atoms with Crippen LogP contribution in [-0.4, -0.2) is 82.4 Å². The van der Waals surface area contributed by atoms with E-state index in [2.05, 4.69) is 0 Å². The van der Waals surface area contributed by atoms with Gasteiger partial charge in [0.2, 0.25) is 5.12 Å². The Morgan fingerprint density at radius 1 is 1.09 bits per heavy atom. The number of rotatable bonds is 7. The van der Waals surface area contributed by atoms with Gasteiger partial charge in [-0.2, -0.15) is 18.4 Å². The van der Waals surface area contributed by atoms with Crippen molar-refractivity contribution in [2.45, 2.75) is 25.4 Å². The number of piperazine rings is 1. The van der Waals surface area contributed by atoms with Crippen molar-refractivity contribution in [1.82, 2.24) is 4.90 Å². The summed E-state index contributed by atoms with van der Waals surface area (Å²) in [4.78, 5) is 14.9. The number of anilines is 1. The topological polar surface area (TPSA) is 108 Å². The minimum Gasteiger partial charge on any atom is -0.394 e. The molecule has 188 valence electrons. The van der Waals surface area contributed by atoms with Gasteiger partial charge in [-0.25, -0.2) is 4.90 Å². The van der Waals surface area contributed by atoms with E-state index in [1.807, 2.05) is 41.3 Å².